The number of rotatable bonds is 6. The summed E-state index contributed by atoms with van der Waals surface area (Å²) in [6.45, 7) is 6.23. The molecule has 2 aromatic rings. The van der Waals surface area contributed by atoms with Gasteiger partial charge in [0.25, 0.3) is 0 Å². The average molecular weight is 368 g/mol. The van der Waals surface area contributed by atoms with Crippen molar-refractivity contribution in [3.63, 3.8) is 0 Å². The van der Waals surface area contributed by atoms with Gasteiger partial charge in [0.1, 0.15) is 6.54 Å². The molecule has 0 atom stereocenters. The van der Waals surface area contributed by atoms with Crippen molar-refractivity contribution >= 4 is 17.5 Å². The standard InChI is InChI=1S/C21H24N2O4/c1-14(2)17-5-7-18(8-6-17)23(15(3)24)12-21(25)22-11-16-4-9-19-20(10-16)27-13-26-19/h4-10,14H,11-13H2,1-3H3,(H,22,25). The molecule has 0 spiro atoms. The Morgan fingerprint density at radius 2 is 1.78 bits per heavy atom. The maximum Gasteiger partial charge on any atom is 0.240 e. The van der Waals surface area contributed by atoms with E-state index in [2.05, 4.69) is 19.2 Å². The van der Waals surface area contributed by atoms with Crippen molar-refractivity contribution in [1.29, 1.82) is 0 Å². The molecule has 2 amide bonds. The number of amides is 2. The molecule has 0 saturated carbocycles. The largest absolute Gasteiger partial charge is 0.454 e. The molecule has 1 N–H and O–H groups in total. The van der Waals surface area contributed by atoms with E-state index in [0.717, 1.165) is 5.56 Å². The topological polar surface area (TPSA) is 67.9 Å². The quantitative estimate of drug-likeness (QED) is 0.850. The van der Waals surface area contributed by atoms with Crippen LogP contribution in [0.1, 0.15) is 37.8 Å². The molecule has 1 aliphatic rings. The van der Waals surface area contributed by atoms with Crippen molar-refractivity contribution in [2.45, 2.75) is 33.2 Å². The van der Waals surface area contributed by atoms with Gasteiger partial charge in [0, 0.05) is 19.2 Å². The lowest BCUT2D eigenvalue weighted by Gasteiger charge is -2.21. The van der Waals surface area contributed by atoms with Crippen LogP contribution in [0.3, 0.4) is 0 Å². The van der Waals surface area contributed by atoms with Crippen molar-refractivity contribution in [2.75, 3.05) is 18.2 Å². The number of carbonyl (C=O) groups is 2. The van der Waals surface area contributed by atoms with Gasteiger partial charge in [-0.3, -0.25) is 9.59 Å². The highest BCUT2D eigenvalue weighted by Gasteiger charge is 2.17. The summed E-state index contributed by atoms with van der Waals surface area (Å²) >= 11 is 0. The molecule has 0 saturated heterocycles. The van der Waals surface area contributed by atoms with Gasteiger partial charge >= 0.3 is 0 Å². The number of carbonyl (C=O) groups excluding carboxylic acids is 2. The van der Waals surface area contributed by atoms with Gasteiger partial charge in [-0.15, -0.1) is 0 Å². The van der Waals surface area contributed by atoms with Gasteiger partial charge in [-0.05, 0) is 41.3 Å². The molecule has 2 aromatic carbocycles. The number of hydrogen-bond acceptors (Lipinski definition) is 4. The maximum atomic E-state index is 12.4. The highest BCUT2D eigenvalue weighted by molar-refractivity contribution is 5.97. The molecule has 0 fully saturated rings. The monoisotopic (exact) mass is 368 g/mol. The molecule has 1 heterocycles. The molecule has 0 radical (unpaired) electrons. The van der Waals surface area contributed by atoms with Crippen LogP contribution in [0.25, 0.3) is 0 Å². The number of ether oxygens (including phenoxy) is 2. The van der Waals surface area contributed by atoms with Gasteiger partial charge in [0.15, 0.2) is 11.5 Å². The molecule has 0 unspecified atom stereocenters. The first-order chi connectivity index (χ1) is 12.9. The first-order valence-electron chi connectivity index (χ1n) is 8.97. The highest BCUT2D eigenvalue weighted by atomic mass is 16.7. The normalized spacial score (nSPS) is 12.1. The summed E-state index contributed by atoms with van der Waals surface area (Å²) in [5, 5.41) is 2.85. The lowest BCUT2D eigenvalue weighted by atomic mass is 10.0. The van der Waals surface area contributed by atoms with Crippen LogP contribution in [0.5, 0.6) is 11.5 Å². The minimum atomic E-state index is -0.226. The number of anilines is 1. The van der Waals surface area contributed by atoms with Crippen LogP contribution in [-0.2, 0) is 16.1 Å². The van der Waals surface area contributed by atoms with Crippen LogP contribution in [0.4, 0.5) is 5.69 Å². The van der Waals surface area contributed by atoms with Crippen LogP contribution < -0.4 is 19.7 Å². The SMILES string of the molecule is CC(=O)N(CC(=O)NCc1ccc2c(c1)OCO2)c1ccc(C(C)C)cc1. The summed E-state index contributed by atoms with van der Waals surface area (Å²) in [7, 11) is 0. The van der Waals surface area contributed by atoms with Crippen LogP contribution in [0.2, 0.25) is 0 Å². The zero-order valence-electron chi connectivity index (χ0n) is 15.8. The molecule has 6 heteroatoms. The van der Waals surface area contributed by atoms with E-state index in [4.69, 9.17) is 9.47 Å². The summed E-state index contributed by atoms with van der Waals surface area (Å²) in [5.74, 6) is 1.39. The van der Waals surface area contributed by atoms with Crippen molar-refractivity contribution in [2.24, 2.45) is 0 Å². The molecular weight excluding hydrogens is 344 g/mol. The second-order valence-corrected chi connectivity index (χ2v) is 6.82. The Morgan fingerprint density at radius 3 is 2.44 bits per heavy atom. The zero-order chi connectivity index (χ0) is 19.4. The molecule has 6 nitrogen and oxygen atoms in total. The Labute approximate surface area is 159 Å². The van der Waals surface area contributed by atoms with Crippen molar-refractivity contribution in [3.05, 3.63) is 53.6 Å². The number of nitrogens with one attached hydrogen (secondary N) is 1. The zero-order valence-corrected chi connectivity index (χ0v) is 15.8. The number of hydrogen-bond donors (Lipinski definition) is 1. The third-order valence-corrected chi connectivity index (χ3v) is 4.48. The van der Waals surface area contributed by atoms with Gasteiger partial charge in [0.2, 0.25) is 18.6 Å². The molecule has 1 aliphatic heterocycles. The molecular formula is C21H24N2O4. The summed E-state index contributed by atoms with van der Waals surface area (Å²) < 4.78 is 10.6. The predicted octanol–water partition coefficient (Wildman–Crippen LogP) is 3.21. The van der Waals surface area contributed by atoms with E-state index in [1.807, 2.05) is 42.5 Å². The van der Waals surface area contributed by atoms with Crippen LogP contribution in [0, 0.1) is 0 Å². The summed E-state index contributed by atoms with van der Waals surface area (Å²) in [6.07, 6.45) is 0. The number of nitrogens with zero attached hydrogens (tertiary/aromatic N) is 1. The second-order valence-electron chi connectivity index (χ2n) is 6.82. The highest BCUT2D eigenvalue weighted by Crippen LogP contribution is 2.32. The molecule has 27 heavy (non-hydrogen) atoms. The van der Waals surface area contributed by atoms with Gasteiger partial charge in [-0.1, -0.05) is 32.0 Å². The predicted molar refractivity (Wildman–Crippen MR) is 103 cm³/mol. The third-order valence-electron chi connectivity index (χ3n) is 4.48. The fourth-order valence-electron chi connectivity index (χ4n) is 2.87. The third kappa shape index (κ3) is 4.58. The average Bonchev–Trinajstić information content (AvgIpc) is 3.12. The van der Waals surface area contributed by atoms with E-state index < -0.39 is 0 Å². The second kappa shape index (κ2) is 8.12. The van der Waals surface area contributed by atoms with Crippen LogP contribution in [-0.4, -0.2) is 25.2 Å². The van der Waals surface area contributed by atoms with Crippen molar-refractivity contribution in [3.8, 4) is 11.5 Å². The molecule has 0 bridgehead atoms. The van der Waals surface area contributed by atoms with E-state index in [0.29, 0.717) is 29.6 Å². The summed E-state index contributed by atoms with van der Waals surface area (Å²) in [6, 6.07) is 13.3. The Balaban J connectivity index is 1.61. The first-order valence-corrected chi connectivity index (χ1v) is 8.97. The minimum Gasteiger partial charge on any atom is -0.454 e. The fraction of sp³-hybridized carbons (Fsp3) is 0.333. The Hall–Kier alpha value is -3.02. The van der Waals surface area contributed by atoms with Crippen LogP contribution >= 0.6 is 0 Å². The van der Waals surface area contributed by atoms with Crippen molar-refractivity contribution in [1.82, 2.24) is 5.32 Å². The van der Waals surface area contributed by atoms with E-state index in [1.165, 1.54) is 17.4 Å². The van der Waals surface area contributed by atoms with Gasteiger partial charge < -0.3 is 19.7 Å². The summed E-state index contributed by atoms with van der Waals surface area (Å²) in [4.78, 5) is 25.8. The Kier molecular flexibility index (Phi) is 5.64. The molecule has 0 aromatic heterocycles. The van der Waals surface area contributed by atoms with E-state index in [1.54, 1.807) is 0 Å². The summed E-state index contributed by atoms with van der Waals surface area (Å²) in [5.41, 5.74) is 2.81. The van der Waals surface area contributed by atoms with Crippen molar-refractivity contribution < 1.29 is 19.1 Å². The number of benzene rings is 2. The minimum absolute atomic E-state index is 0.0269. The number of fused-ring (bicyclic) bond motifs is 1. The van der Waals surface area contributed by atoms with E-state index in [9.17, 15) is 9.59 Å². The van der Waals surface area contributed by atoms with Gasteiger partial charge in [0.05, 0.1) is 0 Å². The Bertz CT molecular complexity index is 831. The lowest BCUT2D eigenvalue weighted by molar-refractivity contribution is -0.123. The van der Waals surface area contributed by atoms with Crippen LogP contribution in [0.15, 0.2) is 42.5 Å². The van der Waals surface area contributed by atoms with E-state index in [-0.39, 0.29) is 25.2 Å². The fourth-order valence-corrected chi connectivity index (χ4v) is 2.87. The van der Waals surface area contributed by atoms with E-state index >= 15 is 0 Å². The smallest absolute Gasteiger partial charge is 0.240 e. The van der Waals surface area contributed by atoms with Gasteiger partial charge in [-0.25, -0.2) is 0 Å². The Morgan fingerprint density at radius 1 is 1.07 bits per heavy atom. The van der Waals surface area contributed by atoms with Gasteiger partial charge in [-0.2, -0.15) is 0 Å². The maximum absolute atomic E-state index is 12.4. The molecule has 142 valence electrons. The lowest BCUT2D eigenvalue weighted by Crippen LogP contribution is -2.39. The first kappa shape index (κ1) is 18.8. The molecule has 0 aliphatic carbocycles. The molecule has 3 rings (SSSR count).